The molecule has 1 rings (SSSR count). The number of hydrogen-bond acceptors (Lipinski definition) is 5. The van der Waals surface area contributed by atoms with E-state index >= 15 is 0 Å². The predicted molar refractivity (Wildman–Crippen MR) is 68.3 cm³/mol. The summed E-state index contributed by atoms with van der Waals surface area (Å²) in [5, 5.41) is 0. The van der Waals surface area contributed by atoms with Crippen molar-refractivity contribution in [1.29, 1.82) is 0 Å². The molecule has 0 atom stereocenters. The van der Waals surface area contributed by atoms with Crippen LogP contribution in [0.2, 0.25) is 0 Å². The van der Waals surface area contributed by atoms with Crippen LogP contribution in [0.1, 0.15) is 11.3 Å². The lowest BCUT2D eigenvalue weighted by Gasteiger charge is -2.10. The third-order valence-electron chi connectivity index (χ3n) is 2.32. The third-order valence-corrected chi connectivity index (χ3v) is 3.78. The van der Waals surface area contributed by atoms with Crippen LogP contribution in [-0.2, 0) is 26.9 Å². The van der Waals surface area contributed by atoms with Crippen LogP contribution in [0.25, 0.3) is 0 Å². The van der Waals surface area contributed by atoms with Crippen LogP contribution in [0.4, 0.5) is 0 Å². The van der Waals surface area contributed by atoms with Crippen molar-refractivity contribution in [2.45, 2.75) is 12.3 Å². The first kappa shape index (κ1) is 14.6. The Balaban J connectivity index is 2.79. The molecule has 0 saturated carbocycles. The largest absolute Gasteiger partial charge is 0.348 e. The van der Waals surface area contributed by atoms with E-state index in [0.29, 0.717) is 11.3 Å². The van der Waals surface area contributed by atoms with E-state index in [2.05, 4.69) is 4.98 Å². The van der Waals surface area contributed by atoms with Gasteiger partial charge in [0, 0.05) is 26.8 Å². The zero-order chi connectivity index (χ0) is 13.8. The molecule has 2 N–H and O–H groups in total. The molecule has 100 valence electrons. The highest BCUT2D eigenvalue weighted by Gasteiger charge is 2.18. The molecule has 0 saturated heterocycles. The zero-order valence-corrected chi connectivity index (χ0v) is 11.3. The van der Waals surface area contributed by atoms with Gasteiger partial charge in [-0.05, 0) is 17.7 Å². The molecular formula is C11H17N3O3S. The van der Waals surface area contributed by atoms with Crippen molar-refractivity contribution in [3.05, 3.63) is 29.6 Å². The van der Waals surface area contributed by atoms with Crippen molar-refractivity contribution in [2.75, 3.05) is 19.8 Å². The highest BCUT2D eigenvalue weighted by molar-refractivity contribution is 7.91. The molecule has 1 heterocycles. The first-order valence-electron chi connectivity index (χ1n) is 5.38. The third kappa shape index (κ3) is 4.42. The normalized spacial score (nSPS) is 11.3. The summed E-state index contributed by atoms with van der Waals surface area (Å²) in [6, 6.07) is 3.24. The summed E-state index contributed by atoms with van der Waals surface area (Å²) in [6.45, 7) is 0.254. The van der Waals surface area contributed by atoms with Gasteiger partial charge in [0.2, 0.25) is 5.91 Å². The maximum absolute atomic E-state index is 11.8. The Kier molecular flexibility index (Phi) is 4.80. The van der Waals surface area contributed by atoms with E-state index in [1.165, 1.54) is 25.2 Å². The topological polar surface area (TPSA) is 93.4 Å². The van der Waals surface area contributed by atoms with Crippen LogP contribution in [0, 0.1) is 0 Å². The standard InChI is InChI=1S/C11H17N3O3S/c1-14(2)11(15)8-18(16,17)7-9-3-4-13-10(5-9)6-12/h3-5H,6-8,12H2,1-2H3. The van der Waals surface area contributed by atoms with Gasteiger partial charge in [-0.2, -0.15) is 0 Å². The summed E-state index contributed by atoms with van der Waals surface area (Å²) in [4.78, 5) is 16.6. The van der Waals surface area contributed by atoms with Crippen LogP contribution >= 0.6 is 0 Å². The van der Waals surface area contributed by atoms with Crippen molar-refractivity contribution in [3.8, 4) is 0 Å². The van der Waals surface area contributed by atoms with Gasteiger partial charge in [-0.15, -0.1) is 0 Å². The molecule has 0 unspecified atom stereocenters. The fourth-order valence-electron chi connectivity index (χ4n) is 1.35. The first-order chi connectivity index (χ1) is 8.34. The Morgan fingerprint density at radius 2 is 2.11 bits per heavy atom. The van der Waals surface area contributed by atoms with Crippen LogP contribution in [0.3, 0.4) is 0 Å². The number of sulfone groups is 1. The molecule has 7 heteroatoms. The Morgan fingerprint density at radius 3 is 2.67 bits per heavy atom. The minimum atomic E-state index is -3.46. The average molecular weight is 271 g/mol. The molecule has 0 aliphatic carbocycles. The summed E-state index contributed by atoms with van der Waals surface area (Å²) in [5.41, 5.74) is 6.65. The molecule has 0 radical (unpaired) electrons. The van der Waals surface area contributed by atoms with Gasteiger partial charge in [-0.1, -0.05) is 0 Å². The highest BCUT2D eigenvalue weighted by Crippen LogP contribution is 2.08. The monoisotopic (exact) mass is 271 g/mol. The number of nitrogens with two attached hydrogens (primary N) is 1. The highest BCUT2D eigenvalue weighted by atomic mass is 32.2. The van der Waals surface area contributed by atoms with Crippen molar-refractivity contribution >= 4 is 15.7 Å². The molecule has 6 nitrogen and oxygen atoms in total. The summed E-state index contributed by atoms with van der Waals surface area (Å²) in [5.74, 6) is -1.09. The number of nitrogens with zero attached hydrogens (tertiary/aromatic N) is 2. The summed E-state index contributed by atoms with van der Waals surface area (Å²) in [7, 11) is -0.414. The van der Waals surface area contributed by atoms with E-state index in [0.717, 1.165) is 0 Å². The van der Waals surface area contributed by atoms with E-state index in [1.807, 2.05) is 0 Å². The molecule has 1 aromatic heterocycles. The fourth-order valence-corrected chi connectivity index (χ4v) is 2.78. The number of rotatable bonds is 5. The number of aromatic nitrogens is 1. The predicted octanol–water partition coefficient (Wildman–Crippen LogP) is -0.457. The van der Waals surface area contributed by atoms with Crippen LogP contribution in [0.5, 0.6) is 0 Å². The van der Waals surface area contributed by atoms with Crippen LogP contribution < -0.4 is 5.73 Å². The molecule has 1 aromatic rings. The minimum Gasteiger partial charge on any atom is -0.348 e. The Morgan fingerprint density at radius 1 is 1.44 bits per heavy atom. The van der Waals surface area contributed by atoms with E-state index < -0.39 is 21.5 Å². The zero-order valence-electron chi connectivity index (χ0n) is 10.5. The number of amides is 1. The Bertz CT molecular complexity index is 526. The molecule has 0 bridgehead atoms. The van der Waals surface area contributed by atoms with Gasteiger partial charge in [0.1, 0.15) is 5.75 Å². The van der Waals surface area contributed by atoms with E-state index in [-0.39, 0.29) is 12.3 Å². The molecule has 18 heavy (non-hydrogen) atoms. The molecule has 0 spiro atoms. The van der Waals surface area contributed by atoms with Gasteiger partial charge in [-0.25, -0.2) is 8.42 Å². The molecule has 0 fully saturated rings. The molecule has 1 amide bonds. The summed E-state index contributed by atoms with van der Waals surface area (Å²) in [6.07, 6.45) is 1.51. The lowest BCUT2D eigenvalue weighted by atomic mass is 10.2. The summed E-state index contributed by atoms with van der Waals surface area (Å²) >= 11 is 0. The van der Waals surface area contributed by atoms with E-state index in [9.17, 15) is 13.2 Å². The SMILES string of the molecule is CN(C)C(=O)CS(=O)(=O)Cc1ccnc(CN)c1. The second kappa shape index (κ2) is 5.92. The maximum Gasteiger partial charge on any atom is 0.237 e. The van der Waals surface area contributed by atoms with E-state index in [1.54, 1.807) is 12.1 Å². The lowest BCUT2D eigenvalue weighted by molar-refractivity contribution is -0.125. The molecule has 0 aliphatic heterocycles. The fraction of sp³-hybridized carbons (Fsp3) is 0.455. The van der Waals surface area contributed by atoms with Crippen LogP contribution in [0.15, 0.2) is 18.3 Å². The van der Waals surface area contributed by atoms with Gasteiger partial charge in [0.15, 0.2) is 9.84 Å². The Labute approximate surface area is 107 Å². The van der Waals surface area contributed by atoms with Gasteiger partial charge in [0.25, 0.3) is 0 Å². The lowest BCUT2D eigenvalue weighted by Crippen LogP contribution is -2.29. The quantitative estimate of drug-likeness (QED) is 0.782. The average Bonchev–Trinajstić information content (AvgIpc) is 2.27. The Hall–Kier alpha value is -1.47. The van der Waals surface area contributed by atoms with Crippen molar-refractivity contribution in [2.24, 2.45) is 5.73 Å². The van der Waals surface area contributed by atoms with Crippen molar-refractivity contribution in [1.82, 2.24) is 9.88 Å². The minimum absolute atomic E-state index is 0.178. The summed E-state index contributed by atoms with van der Waals surface area (Å²) < 4.78 is 23.6. The van der Waals surface area contributed by atoms with Crippen LogP contribution in [-0.4, -0.2) is 44.1 Å². The molecule has 0 aromatic carbocycles. The number of carbonyl (C=O) groups is 1. The van der Waals surface area contributed by atoms with E-state index in [4.69, 9.17) is 5.73 Å². The second-order valence-corrected chi connectivity index (χ2v) is 6.24. The number of carbonyl (C=O) groups excluding carboxylic acids is 1. The molecular weight excluding hydrogens is 254 g/mol. The van der Waals surface area contributed by atoms with Gasteiger partial charge in [-0.3, -0.25) is 9.78 Å². The smallest absolute Gasteiger partial charge is 0.237 e. The van der Waals surface area contributed by atoms with Crippen molar-refractivity contribution < 1.29 is 13.2 Å². The van der Waals surface area contributed by atoms with Gasteiger partial charge >= 0.3 is 0 Å². The number of pyridine rings is 1. The van der Waals surface area contributed by atoms with Gasteiger partial charge < -0.3 is 10.6 Å². The molecule has 0 aliphatic rings. The maximum atomic E-state index is 11.8. The van der Waals surface area contributed by atoms with Crippen molar-refractivity contribution in [3.63, 3.8) is 0 Å². The first-order valence-corrected chi connectivity index (χ1v) is 7.20. The number of hydrogen-bond donors (Lipinski definition) is 1. The second-order valence-electron chi connectivity index (χ2n) is 4.18. The van der Waals surface area contributed by atoms with Gasteiger partial charge in [0.05, 0.1) is 11.4 Å².